The van der Waals surface area contributed by atoms with Crippen LogP contribution < -0.4 is 20.1 Å². The lowest BCUT2D eigenvalue weighted by Gasteiger charge is -2.27. The maximum absolute atomic E-state index is 12.5. The Bertz CT molecular complexity index is 806. The van der Waals surface area contributed by atoms with Gasteiger partial charge in [0, 0.05) is 25.1 Å². The number of ether oxygens (including phenoxy) is 2. The molecule has 0 spiro atoms. The topological polar surface area (TPSA) is 59.6 Å². The van der Waals surface area contributed by atoms with Crippen LogP contribution in [0, 0.1) is 0 Å². The molecule has 5 nitrogen and oxygen atoms in total. The first-order valence-electron chi connectivity index (χ1n) is 9.93. The Morgan fingerprint density at radius 1 is 1.18 bits per heavy atom. The number of amides is 1. The quantitative estimate of drug-likeness (QED) is 0.721. The molecule has 150 valence electrons. The molecule has 1 aliphatic rings. The third kappa shape index (κ3) is 5.04. The average Bonchev–Trinajstić information content (AvgIpc) is 2.72. The Kier molecular flexibility index (Phi) is 6.93. The molecule has 5 heteroatoms. The first-order chi connectivity index (χ1) is 13.6. The monoisotopic (exact) mass is 382 g/mol. The van der Waals surface area contributed by atoms with Crippen molar-refractivity contribution in [3.8, 4) is 11.5 Å². The number of rotatable bonds is 8. The van der Waals surface area contributed by atoms with E-state index in [9.17, 15) is 4.79 Å². The summed E-state index contributed by atoms with van der Waals surface area (Å²) in [5, 5.41) is 6.48. The van der Waals surface area contributed by atoms with Gasteiger partial charge in [-0.3, -0.25) is 4.79 Å². The highest BCUT2D eigenvalue weighted by molar-refractivity contribution is 5.92. The molecule has 1 aliphatic carbocycles. The Hall–Kier alpha value is -2.53. The van der Waals surface area contributed by atoms with E-state index in [0.29, 0.717) is 29.5 Å². The molecule has 2 atom stereocenters. The van der Waals surface area contributed by atoms with Crippen molar-refractivity contribution in [1.82, 2.24) is 5.32 Å². The van der Waals surface area contributed by atoms with Gasteiger partial charge in [-0.1, -0.05) is 24.3 Å². The van der Waals surface area contributed by atoms with Crippen molar-refractivity contribution in [2.45, 2.75) is 44.6 Å². The molecule has 1 amide bonds. The lowest BCUT2D eigenvalue weighted by atomic mass is 9.83. The zero-order valence-corrected chi connectivity index (χ0v) is 17.0. The van der Waals surface area contributed by atoms with Crippen LogP contribution in [0.2, 0.25) is 0 Å². The highest BCUT2D eigenvalue weighted by Gasteiger charge is 2.20. The van der Waals surface area contributed by atoms with Crippen LogP contribution in [0.4, 0.5) is 5.69 Å². The Morgan fingerprint density at radius 2 is 2.00 bits per heavy atom. The van der Waals surface area contributed by atoms with Crippen LogP contribution in [0.25, 0.3) is 0 Å². The summed E-state index contributed by atoms with van der Waals surface area (Å²) >= 11 is 0. The molecular formula is C23H30N2O3. The predicted octanol–water partition coefficient (Wildman–Crippen LogP) is 4.13. The van der Waals surface area contributed by atoms with E-state index in [-0.39, 0.29) is 11.9 Å². The summed E-state index contributed by atoms with van der Waals surface area (Å²) in [5.74, 6) is 1.77. The van der Waals surface area contributed by atoms with Crippen LogP contribution in [-0.4, -0.2) is 32.7 Å². The zero-order valence-electron chi connectivity index (χ0n) is 17.0. The molecule has 0 bridgehead atoms. The highest BCUT2D eigenvalue weighted by atomic mass is 16.5. The molecule has 2 N–H and O–H groups in total. The van der Waals surface area contributed by atoms with Gasteiger partial charge >= 0.3 is 0 Å². The number of hydrogen-bond donors (Lipinski definition) is 2. The van der Waals surface area contributed by atoms with Gasteiger partial charge in [-0.15, -0.1) is 0 Å². The SMILES string of the molecule is COc1ccc(OC)c(NC(=O)CC(C)NCC2CCCc3ccccc32)c1. The van der Waals surface area contributed by atoms with Gasteiger partial charge in [-0.05, 0) is 55.4 Å². The smallest absolute Gasteiger partial charge is 0.226 e. The first kappa shape index (κ1) is 20.2. The zero-order chi connectivity index (χ0) is 19.9. The van der Waals surface area contributed by atoms with Gasteiger partial charge in [-0.25, -0.2) is 0 Å². The van der Waals surface area contributed by atoms with Crippen LogP contribution in [-0.2, 0) is 11.2 Å². The van der Waals surface area contributed by atoms with Crippen LogP contribution in [0.5, 0.6) is 11.5 Å². The Morgan fingerprint density at radius 3 is 2.79 bits per heavy atom. The van der Waals surface area contributed by atoms with E-state index in [1.807, 2.05) is 0 Å². The van der Waals surface area contributed by atoms with Crippen LogP contribution in [0.15, 0.2) is 42.5 Å². The number of methoxy groups -OCH3 is 2. The number of hydrogen-bond acceptors (Lipinski definition) is 4. The molecule has 0 saturated carbocycles. The van der Waals surface area contributed by atoms with Gasteiger partial charge in [0.1, 0.15) is 11.5 Å². The minimum atomic E-state index is -0.0457. The molecule has 0 radical (unpaired) electrons. The molecule has 2 aromatic carbocycles. The van der Waals surface area contributed by atoms with E-state index in [1.165, 1.54) is 30.4 Å². The third-order valence-electron chi connectivity index (χ3n) is 5.38. The maximum atomic E-state index is 12.5. The van der Waals surface area contributed by atoms with Crippen molar-refractivity contribution in [2.75, 3.05) is 26.1 Å². The lowest BCUT2D eigenvalue weighted by Crippen LogP contribution is -2.34. The van der Waals surface area contributed by atoms with Crippen LogP contribution in [0.1, 0.15) is 43.2 Å². The predicted molar refractivity (Wildman–Crippen MR) is 112 cm³/mol. The normalized spacial score (nSPS) is 16.8. The van der Waals surface area contributed by atoms with Gasteiger partial charge in [-0.2, -0.15) is 0 Å². The fraction of sp³-hybridized carbons (Fsp3) is 0.435. The second kappa shape index (κ2) is 9.60. The second-order valence-electron chi connectivity index (χ2n) is 7.42. The summed E-state index contributed by atoms with van der Waals surface area (Å²) in [7, 11) is 3.19. The van der Waals surface area contributed by atoms with Gasteiger partial charge in [0.15, 0.2) is 0 Å². The summed E-state index contributed by atoms with van der Waals surface area (Å²) in [6, 6.07) is 14.2. The fourth-order valence-electron chi connectivity index (χ4n) is 3.87. The second-order valence-corrected chi connectivity index (χ2v) is 7.42. The summed E-state index contributed by atoms with van der Waals surface area (Å²) in [4.78, 5) is 12.5. The van der Waals surface area contributed by atoms with E-state index in [1.54, 1.807) is 32.4 Å². The minimum Gasteiger partial charge on any atom is -0.497 e. The largest absolute Gasteiger partial charge is 0.497 e. The van der Waals surface area contributed by atoms with Gasteiger partial charge in [0.05, 0.1) is 19.9 Å². The summed E-state index contributed by atoms with van der Waals surface area (Å²) in [6.45, 7) is 2.95. The number of nitrogens with one attached hydrogen (secondary N) is 2. The first-order valence-corrected chi connectivity index (χ1v) is 9.93. The highest BCUT2D eigenvalue weighted by Crippen LogP contribution is 2.31. The molecule has 0 heterocycles. The Balaban J connectivity index is 1.53. The van der Waals surface area contributed by atoms with Gasteiger partial charge in [0.2, 0.25) is 5.91 Å². The molecular weight excluding hydrogens is 352 g/mol. The number of carbonyl (C=O) groups excluding carboxylic acids is 1. The molecule has 2 unspecified atom stereocenters. The molecule has 2 aromatic rings. The van der Waals surface area contributed by atoms with E-state index < -0.39 is 0 Å². The van der Waals surface area contributed by atoms with Crippen molar-refractivity contribution in [3.63, 3.8) is 0 Å². The lowest BCUT2D eigenvalue weighted by molar-refractivity contribution is -0.116. The van der Waals surface area contributed by atoms with Crippen molar-refractivity contribution in [2.24, 2.45) is 0 Å². The van der Waals surface area contributed by atoms with Crippen LogP contribution in [0.3, 0.4) is 0 Å². The maximum Gasteiger partial charge on any atom is 0.226 e. The van der Waals surface area contributed by atoms with Crippen molar-refractivity contribution in [1.29, 1.82) is 0 Å². The average molecular weight is 383 g/mol. The van der Waals surface area contributed by atoms with E-state index in [4.69, 9.17) is 9.47 Å². The summed E-state index contributed by atoms with van der Waals surface area (Å²) in [6.07, 6.45) is 4.00. The van der Waals surface area contributed by atoms with Crippen molar-refractivity contribution in [3.05, 3.63) is 53.6 Å². The molecule has 0 aromatic heterocycles. The minimum absolute atomic E-state index is 0.0457. The van der Waals surface area contributed by atoms with Crippen LogP contribution >= 0.6 is 0 Å². The van der Waals surface area contributed by atoms with E-state index in [0.717, 1.165) is 6.54 Å². The van der Waals surface area contributed by atoms with E-state index >= 15 is 0 Å². The Labute approximate surface area is 167 Å². The molecule has 0 aliphatic heterocycles. The van der Waals surface area contributed by atoms with Crippen molar-refractivity contribution < 1.29 is 14.3 Å². The summed E-state index contributed by atoms with van der Waals surface area (Å²) in [5.41, 5.74) is 3.55. The molecule has 0 saturated heterocycles. The fourth-order valence-corrected chi connectivity index (χ4v) is 3.87. The summed E-state index contributed by atoms with van der Waals surface area (Å²) < 4.78 is 10.6. The van der Waals surface area contributed by atoms with Gasteiger partial charge < -0.3 is 20.1 Å². The standard InChI is InChI=1S/C23H30N2O3/c1-16(24-15-18-9-6-8-17-7-4-5-10-20(17)18)13-23(26)25-21-14-19(27-2)11-12-22(21)28-3/h4-5,7,10-12,14,16,18,24H,6,8-9,13,15H2,1-3H3,(H,25,26). The number of anilines is 1. The van der Waals surface area contributed by atoms with Gasteiger partial charge in [0.25, 0.3) is 0 Å². The molecule has 0 fully saturated rings. The third-order valence-corrected chi connectivity index (χ3v) is 5.38. The number of benzene rings is 2. The number of aryl methyl sites for hydroxylation is 1. The number of fused-ring (bicyclic) bond motifs is 1. The molecule has 3 rings (SSSR count). The molecule has 28 heavy (non-hydrogen) atoms. The van der Waals surface area contributed by atoms with Crippen molar-refractivity contribution >= 4 is 11.6 Å². The number of carbonyl (C=O) groups is 1. The van der Waals surface area contributed by atoms with E-state index in [2.05, 4.69) is 41.8 Å².